The molecule has 41 heavy (non-hydrogen) atoms. The molecule has 0 N–H and O–H groups in total. The van der Waals surface area contributed by atoms with E-state index in [-0.39, 0.29) is 10.7 Å². The van der Waals surface area contributed by atoms with Gasteiger partial charge in [0, 0.05) is 50.3 Å². The van der Waals surface area contributed by atoms with E-state index in [0.717, 1.165) is 23.7 Å². The van der Waals surface area contributed by atoms with Crippen molar-refractivity contribution < 1.29 is 26.0 Å². The van der Waals surface area contributed by atoms with Gasteiger partial charge in [0.25, 0.3) is 0 Å². The minimum Gasteiger partial charge on any atom is -0.440 e. The highest BCUT2D eigenvalue weighted by atomic mass is 32.2. The molecule has 5 rings (SSSR count). The summed E-state index contributed by atoms with van der Waals surface area (Å²) in [6.07, 6.45) is -2.53. The third kappa shape index (κ3) is 5.62. The van der Waals surface area contributed by atoms with E-state index in [1.54, 1.807) is 43.3 Å². The molecule has 0 aliphatic carbocycles. The molecule has 0 spiro atoms. The molecule has 2 aromatic heterocycles. The number of benzene rings is 3. The maximum absolute atomic E-state index is 13.6. The van der Waals surface area contributed by atoms with Crippen molar-refractivity contribution >= 4 is 15.5 Å². The van der Waals surface area contributed by atoms with Crippen LogP contribution in [0.15, 0.2) is 82.2 Å². The SMILES string of the molecule is Cc1nc(-c2cc(-c3cccc(S(C)(=O)=O)c3)ccc2-n2cc(C(F)(F)F)nc2C)c(-c2ccc(N(C)C)cc2)o1. The minimum atomic E-state index is -4.62. The average Bonchev–Trinajstić information content (AvgIpc) is 3.50. The van der Waals surface area contributed by atoms with Crippen LogP contribution >= 0.6 is 0 Å². The Morgan fingerprint density at radius 3 is 2.15 bits per heavy atom. The number of nitrogens with zero attached hydrogens (tertiary/aromatic N) is 4. The van der Waals surface area contributed by atoms with E-state index in [0.29, 0.717) is 39.7 Å². The van der Waals surface area contributed by atoms with E-state index in [1.807, 2.05) is 43.3 Å². The number of sulfone groups is 1. The summed E-state index contributed by atoms with van der Waals surface area (Å²) in [6, 6.07) is 19.3. The predicted molar refractivity (Wildman–Crippen MR) is 152 cm³/mol. The van der Waals surface area contributed by atoms with Crippen molar-refractivity contribution in [2.24, 2.45) is 0 Å². The number of aromatic nitrogens is 3. The zero-order valence-electron chi connectivity index (χ0n) is 23.0. The van der Waals surface area contributed by atoms with Gasteiger partial charge in [-0.1, -0.05) is 18.2 Å². The predicted octanol–water partition coefficient (Wildman–Crippen LogP) is 6.97. The van der Waals surface area contributed by atoms with E-state index in [4.69, 9.17) is 4.42 Å². The van der Waals surface area contributed by atoms with Gasteiger partial charge < -0.3 is 13.9 Å². The van der Waals surface area contributed by atoms with Gasteiger partial charge in [0.15, 0.2) is 27.2 Å². The van der Waals surface area contributed by atoms with Crippen molar-refractivity contribution in [3.8, 4) is 39.4 Å². The summed E-state index contributed by atoms with van der Waals surface area (Å²) < 4.78 is 72.5. The Labute approximate surface area is 235 Å². The van der Waals surface area contributed by atoms with E-state index < -0.39 is 21.7 Å². The van der Waals surface area contributed by atoms with Crippen molar-refractivity contribution in [1.29, 1.82) is 0 Å². The molecule has 212 valence electrons. The second kappa shape index (κ2) is 10.2. The second-order valence-electron chi connectivity index (χ2n) is 9.92. The Balaban J connectivity index is 1.75. The van der Waals surface area contributed by atoms with Gasteiger partial charge in [-0.2, -0.15) is 13.2 Å². The molecular formula is C30H27F3N4O3S. The molecule has 0 aliphatic heterocycles. The Hall–Kier alpha value is -4.38. The standard InChI is InChI=1S/C30H27F3N4O3S/c1-18-34-27(30(31,32)33)17-37(18)26-14-11-22(21-7-6-8-24(15-21)41(5,38)39)16-25(26)28-29(40-19(2)35-28)20-9-12-23(13-10-20)36(3)4/h6-17H,1-5H3. The van der Waals surface area contributed by atoms with Gasteiger partial charge >= 0.3 is 6.18 Å². The molecule has 0 radical (unpaired) electrons. The summed E-state index contributed by atoms with van der Waals surface area (Å²) in [5.74, 6) is 0.966. The largest absolute Gasteiger partial charge is 0.440 e. The molecule has 5 aromatic rings. The molecule has 0 atom stereocenters. The molecule has 0 amide bonds. The summed E-state index contributed by atoms with van der Waals surface area (Å²) in [6.45, 7) is 3.20. The lowest BCUT2D eigenvalue weighted by Gasteiger charge is -2.15. The highest BCUT2D eigenvalue weighted by molar-refractivity contribution is 7.90. The minimum absolute atomic E-state index is 0.141. The maximum atomic E-state index is 13.6. The first-order valence-corrected chi connectivity index (χ1v) is 14.4. The second-order valence-corrected chi connectivity index (χ2v) is 11.9. The molecule has 2 heterocycles. The maximum Gasteiger partial charge on any atom is 0.434 e. The lowest BCUT2D eigenvalue weighted by molar-refractivity contribution is -0.141. The van der Waals surface area contributed by atoms with Crippen LogP contribution in [0, 0.1) is 13.8 Å². The van der Waals surface area contributed by atoms with Crippen LogP contribution in [0.3, 0.4) is 0 Å². The highest BCUT2D eigenvalue weighted by Gasteiger charge is 2.35. The first-order valence-electron chi connectivity index (χ1n) is 12.6. The van der Waals surface area contributed by atoms with Crippen molar-refractivity contribution in [1.82, 2.24) is 14.5 Å². The van der Waals surface area contributed by atoms with Crippen LogP contribution in [0.5, 0.6) is 0 Å². The van der Waals surface area contributed by atoms with Crippen LogP contribution in [-0.4, -0.2) is 43.3 Å². The van der Waals surface area contributed by atoms with E-state index in [2.05, 4.69) is 9.97 Å². The van der Waals surface area contributed by atoms with Gasteiger partial charge in [-0.15, -0.1) is 0 Å². The number of rotatable bonds is 6. The number of imidazole rings is 1. The molecule has 0 fully saturated rings. The van der Waals surface area contributed by atoms with Crippen LogP contribution in [0.1, 0.15) is 17.4 Å². The number of oxazole rings is 1. The van der Waals surface area contributed by atoms with Gasteiger partial charge in [-0.05, 0) is 66.6 Å². The van der Waals surface area contributed by atoms with E-state index in [1.165, 1.54) is 17.6 Å². The summed E-state index contributed by atoms with van der Waals surface area (Å²) in [5.41, 5.74) is 3.31. The lowest BCUT2D eigenvalue weighted by atomic mass is 9.98. The van der Waals surface area contributed by atoms with Gasteiger partial charge in [0.05, 0.1) is 10.6 Å². The molecule has 0 saturated carbocycles. The summed E-state index contributed by atoms with van der Waals surface area (Å²) in [4.78, 5) is 10.5. The molecule has 7 nitrogen and oxygen atoms in total. The first-order chi connectivity index (χ1) is 19.2. The summed E-state index contributed by atoms with van der Waals surface area (Å²) in [5, 5.41) is 0. The summed E-state index contributed by atoms with van der Waals surface area (Å²) in [7, 11) is 0.395. The molecule has 3 aromatic carbocycles. The molecule has 0 unspecified atom stereocenters. The highest BCUT2D eigenvalue weighted by Crippen LogP contribution is 2.40. The summed E-state index contributed by atoms with van der Waals surface area (Å²) >= 11 is 0. The van der Waals surface area contributed by atoms with E-state index >= 15 is 0 Å². The van der Waals surface area contributed by atoms with Crippen molar-refractivity contribution in [3.63, 3.8) is 0 Å². The van der Waals surface area contributed by atoms with Crippen LogP contribution in [0.2, 0.25) is 0 Å². The van der Waals surface area contributed by atoms with Gasteiger partial charge in [-0.25, -0.2) is 18.4 Å². The van der Waals surface area contributed by atoms with Crippen molar-refractivity contribution in [2.45, 2.75) is 24.9 Å². The Kier molecular flexibility index (Phi) is 7.02. The zero-order valence-corrected chi connectivity index (χ0v) is 23.8. The molecule has 0 bridgehead atoms. The fraction of sp³-hybridized carbons (Fsp3) is 0.200. The Morgan fingerprint density at radius 1 is 0.878 bits per heavy atom. The smallest absolute Gasteiger partial charge is 0.434 e. The Bertz CT molecular complexity index is 1850. The van der Waals surface area contributed by atoms with Gasteiger partial charge in [0.1, 0.15) is 11.5 Å². The fourth-order valence-corrected chi connectivity index (χ4v) is 5.26. The lowest BCUT2D eigenvalue weighted by Crippen LogP contribution is -2.07. The Morgan fingerprint density at radius 2 is 1.54 bits per heavy atom. The first kappa shape index (κ1) is 28.2. The van der Waals surface area contributed by atoms with Crippen LogP contribution in [-0.2, 0) is 16.0 Å². The van der Waals surface area contributed by atoms with Crippen LogP contribution in [0.4, 0.5) is 18.9 Å². The molecule has 11 heteroatoms. The van der Waals surface area contributed by atoms with E-state index in [9.17, 15) is 21.6 Å². The van der Waals surface area contributed by atoms with Crippen molar-refractivity contribution in [3.05, 3.63) is 90.3 Å². The third-order valence-electron chi connectivity index (χ3n) is 6.66. The molecule has 0 aliphatic rings. The number of anilines is 1. The molecule has 0 saturated heterocycles. The van der Waals surface area contributed by atoms with Crippen molar-refractivity contribution in [2.75, 3.05) is 25.3 Å². The fourth-order valence-electron chi connectivity index (χ4n) is 4.59. The van der Waals surface area contributed by atoms with Gasteiger partial charge in [0.2, 0.25) is 0 Å². The monoisotopic (exact) mass is 580 g/mol. The van der Waals surface area contributed by atoms with Crippen LogP contribution < -0.4 is 4.90 Å². The van der Waals surface area contributed by atoms with Crippen LogP contribution in [0.25, 0.3) is 39.4 Å². The topological polar surface area (TPSA) is 81.2 Å². The number of halogens is 3. The normalized spacial score (nSPS) is 12.1. The molecular weight excluding hydrogens is 553 g/mol. The number of alkyl halides is 3. The zero-order chi connectivity index (χ0) is 29.7. The number of aryl methyl sites for hydroxylation is 2. The third-order valence-corrected chi connectivity index (χ3v) is 7.77. The number of hydrogen-bond donors (Lipinski definition) is 0. The average molecular weight is 581 g/mol. The van der Waals surface area contributed by atoms with Gasteiger partial charge in [-0.3, -0.25) is 0 Å². The number of hydrogen-bond acceptors (Lipinski definition) is 6. The quantitative estimate of drug-likeness (QED) is 0.216.